The highest BCUT2D eigenvalue weighted by molar-refractivity contribution is 9.10. The number of nitro groups is 1. The van der Waals surface area contributed by atoms with Gasteiger partial charge in [-0.2, -0.15) is 5.26 Å². The Bertz CT molecular complexity index is 728. The van der Waals surface area contributed by atoms with Crippen molar-refractivity contribution in [2.75, 3.05) is 0 Å². The van der Waals surface area contributed by atoms with Crippen LogP contribution in [0.25, 0.3) is 0 Å². The number of hydrogen-bond acceptors (Lipinski definition) is 4. The maximum atomic E-state index is 10.7. The van der Waals surface area contributed by atoms with Crippen molar-refractivity contribution in [2.24, 2.45) is 0 Å². The lowest BCUT2D eigenvalue weighted by atomic mass is 10.2. The van der Waals surface area contributed by atoms with Crippen molar-refractivity contribution >= 4 is 33.2 Å². The number of nitro benzene ring substituents is 1. The van der Waals surface area contributed by atoms with Gasteiger partial charge in [0.2, 0.25) is 0 Å². The summed E-state index contributed by atoms with van der Waals surface area (Å²) in [6.07, 6.45) is 0. The molecule has 0 aromatic heterocycles. The number of ether oxygens (including phenoxy) is 1. The highest BCUT2D eigenvalue weighted by atomic mass is 79.9. The Morgan fingerprint density at radius 2 is 2.05 bits per heavy atom. The van der Waals surface area contributed by atoms with Crippen molar-refractivity contribution in [2.45, 2.75) is 0 Å². The number of nitriles is 1. The molecule has 20 heavy (non-hydrogen) atoms. The molecule has 0 aliphatic heterocycles. The fraction of sp³-hybridized carbons (Fsp3) is 0. The number of halogens is 2. The molecule has 0 saturated heterocycles. The average molecular weight is 354 g/mol. The standard InChI is InChI=1S/C13H6BrClN2O3/c14-9-1-4-13(11(15)6-9)20-10-2-3-12(17(18)19)8(5-10)7-16/h1-6H. The summed E-state index contributed by atoms with van der Waals surface area (Å²) in [7, 11) is 0. The topological polar surface area (TPSA) is 76.2 Å². The largest absolute Gasteiger partial charge is 0.456 e. The van der Waals surface area contributed by atoms with Gasteiger partial charge in [-0.1, -0.05) is 27.5 Å². The van der Waals surface area contributed by atoms with Crippen LogP contribution >= 0.6 is 27.5 Å². The summed E-state index contributed by atoms with van der Waals surface area (Å²) in [5, 5.41) is 20.0. The lowest BCUT2D eigenvalue weighted by Gasteiger charge is -2.08. The zero-order valence-electron chi connectivity index (χ0n) is 9.84. The van der Waals surface area contributed by atoms with E-state index in [4.69, 9.17) is 21.6 Å². The van der Waals surface area contributed by atoms with E-state index < -0.39 is 4.92 Å². The average Bonchev–Trinajstić information content (AvgIpc) is 2.41. The Morgan fingerprint density at radius 1 is 1.30 bits per heavy atom. The Kier molecular flexibility index (Phi) is 4.23. The van der Waals surface area contributed by atoms with Gasteiger partial charge in [-0.15, -0.1) is 0 Å². The van der Waals surface area contributed by atoms with E-state index in [-0.39, 0.29) is 11.3 Å². The molecular weight excluding hydrogens is 348 g/mol. The van der Waals surface area contributed by atoms with Gasteiger partial charge in [0, 0.05) is 16.6 Å². The van der Waals surface area contributed by atoms with Gasteiger partial charge in [0.1, 0.15) is 23.1 Å². The Labute approximate surface area is 127 Å². The van der Waals surface area contributed by atoms with Gasteiger partial charge in [0.05, 0.1) is 9.95 Å². The predicted octanol–water partition coefficient (Wildman–Crippen LogP) is 4.67. The summed E-state index contributed by atoms with van der Waals surface area (Å²) < 4.78 is 6.32. The van der Waals surface area contributed by atoms with Gasteiger partial charge < -0.3 is 4.74 Å². The van der Waals surface area contributed by atoms with Crippen LogP contribution in [0.5, 0.6) is 11.5 Å². The first-order chi connectivity index (χ1) is 9.51. The van der Waals surface area contributed by atoms with Crippen molar-refractivity contribution in [3.05, 3.63) is 61.6 Å². The number of benzene rings is 2. The van der Waals surface area contributed by atoms with E-state index in [0.717, 1.165) is 4.47 Å². The maximum absolute atomic E-state index is 10.7. The van der Waals surface area contributed by atoms with Crippen molar-refractivity contribution in [1.82, 2.24) is 0 Å². The summed E-state index contributed by atoms with van der Waals surface area (Å²) in [4.78, 5) is 10.1. The van der Waals surface area contributed by atoms with Gasteiger partial charge >= 0.3 is 0 Å². The quantitative estimate of drug-likeness (QED) is 0.593. The highest BCUT2D eigenvalue weighted by Crippen LogP contribution is 2.33. The SMILES string of the molecule is N#Cc1cc(Oc2ccc(Br)cc2Cl)ccc1[N+](=O)[O-]. The molecule has 0 fully saturated rings. The zero-order chi connectivity index (χ0) is 14.7. The highest BCUT2D eigenvalue weighted by Gasteiger charge is 2.15. The van der Waals surface area contributed by atoms with Crippen LogP contribution in [0.2, 0.25) is 5.02 Å². The summed E-state index contributed by atoms with van der Waals surface area (Å²) in [5.74, 6) is 0.698. The molecule has 2 aromatic rings. The monoisotopic (exact) mass is 352 g/mol. The third-order valence-electron chi connectivity index (χ3n) is 2.41. The molecule has 0 radical (unpaired) electrons. The van der Waals surface area contributed by atoms with Crippen LogP contribution in [0.4, 0.5) is 5.69 Å². The molecule has 0 amide bonds. The fourth-order valence-corrected chi connectivity index (χ4v) is 2.22. The zero-order valence-corrected chi connectivity index (χ0v) is 12.2. The molecule has 0 unspecified atom stereocenters. The number of nitrogens with zero attached hydrogens (tertiary/aromatic N) is 2. The summed E-state index contributed by atoms with van der Waals surface area (Å²) in [5.41, 5.74) is -0.331. The maximum Gasteiger partial charge on any atom is 0.287 e. The minimum atomic E-state index is -0.616. The minimum absolute atomic E-state index is 0.0688. The first kappa shape index (κ1) is 14.3. The summed E-state index contributed by atoms with van der Waals surface area (Å²) in [6, 6.07) is 10.8. The van der Waals surface area contributed by atoms with E-state index in [0.29, 0.717) is 16.5 Å². The van der Waals surface area contributed by atoms with Crippen LogP contribution in [0.15, 0.2) is 40.9 Å². The lowest BCUT2D eigenvalue weighted by molar-refractivity contribution is -0.385. The van der Waals surface area contributed by atoms with Gasteiger partial charge in [0.15, 0.2) is 0 Å². The van der Waals surface area contributed by atoms with Crippen LogP contribution in [0.1, 0.15) is 5.56 Å². The summed E-state index contributed by atoms with van der Waals surface area (Å²) >= 11 is 9.28. The number of hydrogen-bond donors (Lipinski definition) is 0. The Morgan fingerprint density at radius 3 is 2.65 bits per heavy atom. The molecule has 0 aliphatic carbocycles. The van der Waals surface area contributed by atoms with Crippen LogP contribution < -0.4 is 4.74 Å². The third kappa shape index (κ3) is 3.07. The van der Waals surface area contributed by atoms with E-state index in [1.54, 1.807) is 24.3 Å². The van der Waals surface area contributed by atoms with E-state index in [2.05, 4.69) is 15.9 Å². The fourth-order valence-electron chi connectivity index (χ4n) is 1.51. The van der Waals surface area contributed by atoms with E-state index in [9.17, 15) is 10.1 Å². The first-order valence-corrected chi connectivity index (χ1v) is 6.50. The molecule has 0 spiro atoms. The van der Waals surface area contributed by atoms with E-state index >= 15 is 0 Å². The second-order valence-electron chi connectivity index (χ2n) is 3.72. The Balaban J connectivity index is 2.35. The molecule has 7 heteroatoms. The number of rotatable bonds is 3. The minimum Gasteiger partial charge on any atom is -0.456 e. The molecule has 2 aromatic carbocycles. The van der Waals surface area contributed by atoms with Crippen LogP contribution in [0.3, 0.4) is 0 Å². The predicted molar refractivity (Wildman–Crippen MR) is 77.0 cm³/mol. The molecule has 0 heterocycles. The van der Waals surface area contributed by atoms with Crippen LogP contribution in [0, 0.1) is 21.4 Å². The van der Waals surface area contributed by atoms with Crippen molar-refractivity contribution in [3.63, 3.8) is 0 Å². The van der Waals surface area contributed by atoms with E-state index in [1.807, 2.05) is 0 Å². The van der Waals surface area contributed by atoms with Crippen molar-refractivity contribution in [1.29, 1.82) is 5.26 Å². The molecule has 0 aliphatic rings. The van der Waals surface area contributed by atoms with Gasteiger partial charge in [-0.25, -0.2) is 0 Å². The van der Waals surface area contributed by atoms with E-state index in [1.165, 1.54) is 18.2 Å². The molecule has 0 atom stereocenters. The molecule has 0 bridgehead atoms. The molecule has 100 valence electrons. The van der Waals surface area contributed by atoms with Crippen LogP contribution in [-0.2, 0) is 0 Å². The van der Waals surface area contributed by atoms with Gasteiger partial charge in [0.25, 0.3) is 5.69 Å². The van der Waals surface area contributed by atoms with Crippen molar-refractivity contribution < 1.29 is 9.66 Å². The third-order valence-corrected chi connectivity index (χ3v) is 3.20. The molecule has 0 N–H and O–H groups in total. The van der Waals surface area contributed by atoms with Gasteiger partial charge in [-0.05, 0) is 24.3 Å². The molecule has 5 nitrogen and oxygen atoms in total. The summed E-state index contributed by atoms with van der Waals surface area (Å²) in [6.45, 7) is 0. The Hall–Kier alpha value is -2.10. The second-order valence-corrected chi connectivity index (χ2v) is 5.05. The second kappa shape index (κ2) is 5.90. The smallest absolute Gasteiger partial charge is 0.287 e. The van der Waals surface area contributed by atoms with Gasteiger partial charge in [-0.3, -0.25) is 10.1 Å². The normalized spacial score (nSPS) is 9.85. The van der Waals surface area contributed by atoms with Crippen molar-refractivity contribution in [3.8, 4) is 17.6 Å². The molecular formula is C13H6BrClN2O3. The first-order valence-electron chi connectivity index (χ1n) is 5.32. The molecule has 0 saturated carbocycles. The lowest BCUT2D eigenvalue weighted by Crippen LogP contribution is -1.93. The molecule has 2 rings (SSSR count). The van der Waals surface area contributed by atoms with Crippen LogP contribution in [-0.4, -0.2) is 4.92 Å².